The van der Waals surface area contributed by atoms with Crippen molar-refractivity contribution in [1.29, 1.82) is 0 Å². The Balaban J connectivity index is 1.96. The fourth-order valence-electron chi connectivity index (χ4n) is 3.13. The minimum atomic E-state index is -0.248. The molecule has 0 saturated carbocycles. The maximum Gasteiger partial charge on any atom is 0.222 e. The van der Waals surface area contributed by atoms with Crippen molar-refractivity contribution in [2.75, 3.05) is 20.1 Å². The highest BCUT2D eigenvalue weighted by Gasteiger charge is 2.25. The van der Waals surface area contributed by atoms with Gasteiger partial charge in [0.05, 0.1) is 0 Å². The number of ether oxygens (including phenoxy) is 1. The van der Waals surface area contributed by atoms with Gasteiger partial charge in [-0.1, -0.05) is 19.1 Å². The zero-order chi connectivity index (χ0) is 20.0. The third kappa shape index (κ3) is 6.45. The van der Waals surface area contributed by atoms with Gasteiger partial charge in [0.2, 0.25) is 5.91 Å². The maximum atomic E-state index is 11.8. The summed E-state index contributed by atoms with van der Waals surface area (Å²) in [5.41, 5.74) is 2.02. The highest BCUT2D eigenvalue weighted by Crippen LogP contribution is 2.24. The number of carbonyl (C=O) groups excluding carboxylic acids is 1. The first-order chi connectivity index (χ1) is 12.7. The second-order valence-corrected chi connectivity index (χ2v) is 8.07. The summed E-state index contributed by atoms with van der Waals surface area (Å²) in [6.45, 7) is 12.3. The summed E-state index contributed by atoms with van der Waals surface area (Å²) in [4.78, 5) is 18.1. The molecule has 6 heteroatoms. The first-order valence-electron chi connectivity index (χ1n) is 9.75. The van der Waals surface area contributed by atoms with Crippen LogP contribution >= 0.6 is 0 Å². The number of hydrogen-bond donors (Lipinski definition) is 2. The molecule has 6 nitrogen and oxygen atoms in total. The highest BCUT2D eigenvalue weighted by molar-refractivity contribution is 5.80. The molecule has 0 aliphatic carbocycles. The number of aliphatic imine (C=N–C) groups is 1. The Kier molecular flexibility index (Phi) is 7.11. The van der Waals surface area contributed by atoms with Crippen molar-refractivity contribution in [3.63, 3.8) is 0 Å². The Bertz CT molecular complexity index is 679. The predicted molar refractivity (Wildman–Crippen MR) is 110 cm³/mol. The van der Waals surface area contributed by atoms with Gasteiger partial charge in [0, 0.05) is 44.7 Å². The van der Waals surface area contributed by atoms with E-state index in [9.17, 15) is 4.79 Å². The Labute approximate surface area is 163 Å². The summed E-state index contributed by atoms with van der Waals surface area (Å²) in [5.74, 6) is 1.85. The van der Waals surface area contributed by atoms with Gasteiger partial charge in [0.25, 0.3) is 0 Å². The molecule has 1 fully saturated rings. The van der Waals surface area contributed by atoms with Crippen LogP contribution in [0.3, 0.4) is 0 Å². The number of hydrogen-bond acceptors (Lipinski definition) is 3. The molecular formula is C21H34N4O2. The number of carbonyl (C=O) groups is 1. The Morgan fingerprint density at radius 3 is 2.74 bits per heavy atom. The van der Waals surface area contributed by atoms with Crippen molar-refractivity contribution in [1.82, 2.24) is 15.5 Å². The van der Waals surface area contributed by atoms with Crippen LogP contribution in [-0.4, -0.2) is 48.5 Å². The normalized spacial score (nSPS) is 17.8. The highest BCUT2D eigenvalue weighted by atomic mass is 16.5. The summed E-state index contributed by atoms with van der Waals surface area (Å²) < 4.78 is 6.12. The molecule has 1 aromatic carbocycles. The van der Waals surface area contributed by atoms with Crippen LogP contribution < -0.4 is 15.4 Å². The molecule has 0 bridgehead atoms. The topological polar surface area (TPSA) is 66.0 Å². The number of nitrogens with one attached hydrogen (secondary N) is 2. The van der Waals surface area contributed by atoms with Crippen LogP contribution in [0.1, 0.15) is 51.7 Å². The van der Waals surface area contributed by atoms with Crippen LogP contribution in [0.25, 0.3) is 0 Å². The summed E-state index contributed by atoms with van der Waals surface area (Å²) in [5, 5.41) is 6.80. The first kappa shape index (κ1) is 21.1. The summed E-state index contributed by atoms with van der Waals surface area (Å²) in [6.07, 6.45) is 1.50. The van der Waals surface area contributed by atoms with E-state index in [4.69, 9.17) is 4.74 Å². The van der Waals surface area contributed by atoms with Crippen molar-refractivity contribution in [2.24, 2.45) is 4.99 Å². The molecule has 0 aromatic heterocycles. The molecule has 1 unspecified atom stereocenters. The average molecular weight is 375 g/mol. The van der Waals surface area contributed by atoms with Crippen molar-refractivity contribution < 1.29 is 9.53 Å². The van der Waals surface area contributed by atoms with Crippen LogP contribution in [0.15, 0.2) is 23.2 Å². The fraction of sp³-hybridized carbons (Fsp3) is 0.619. The monoisotopic (exact) mass is 374 g/mol. The lowest BCUT2D eigenvalue weighted by atomic mass is 10.1. The predicted octanol–water partition coefficient (Wildman–Crippen LogP) is 2.85. The van der Waals surface area contributed by atoms with E-state index in [1.54, 1.807) is 7.05 Å². The van der Waals surface area contributed by atoms with Crippen molar-refractivity contribution >= 4 is 11.9 Å². The molecule has 2 rings (SSSR count). The lowest BCUT2D eigenvalue weighted by Crippen LogP contribution is -2.44. The third-order valence-electron chi connectivity index (χ3n) is 4.49. The zero-order valence-electron chi connectivity index (χ0n) is 17.6. The van der Waals surface area contributed by atoms with Crippen molar-refractivity contribution in [3.8, 4) is 5.75 Å². The molecule has 1 amide bonds. The smallest absolute Gasteiger partial charge is 0.222 e. The average Bonchev–Trinajstić information content (AvgIpc) is 3.06. The van der Waals surface area contributed by atoms with Gasteiger partial charge >= 0.3 is 0 Å². The van der Waals surface area contributed by atoms with E-state index in [2.05, 4.69) is 61.5 Å². The van der Waals surface area contributed by atoms with Gasteiger partial charge in [-0.3, -0.25) is 9.79 Å². The molecule has 0 radical (unpaired) electrons. The molecular weight excluding hydrogens is 340 g/mol. The number of rotatable bonds is 5. The zero-order valence-corrected chi connectivity index (χ0v) is 17.6. The van der Waals surface area contributed by atoms with Crippen LogP contribution in [0.2, 0.25) is 0 Å². The molecule has 150 valence electrons. The quantitative estimate of drug-likeness (QED) is 0.614. The van der Waals surface area contributed by atoms with Gasteiger partial charge in [-0.15, -0.1) is 0 Å². The minimum Gasteiger partial charge on any atom is -0.488 e. The van der Waals surface area contributed by atoms with Crippen LogP contribution in [0, 0.1) is 6.92 Å². The number of likely N-dealkylation sites (tertiary alicyclic amines) is 1. The molecule has 1 aliphatic heterocycles. The number of benzene rings is 1. The maximum absolute atomic E-state index is 11.8. The van der Waals surface area contributed by atoms with E-state index < -0.39 is 0 Å². The van der Waals surface area contributed by atoms with E-state index in [0.29, 0.717) is 13.0 Å². The van der Waals surface area contributed by atoms with Crippen LogP contribution in [0.5, 0.6) is 5.75 Å². The molecule has 1 atom stereocenters. The number of nitrogens with zero attached hydrogens (tertiary/aromatic N) is 2. The Hall–Kier alpha value is -2.24. The second-order valence-electron chi connectivity index (χ2n) is 8.07. The first-order valence-corrected chi connectivity index (χ1v) is 9.75. The van der Waals surface area contributed by atoms with E-state index in [0.717, 1.165) is 36.8 Å². The lowest BCUT2D eigenvalue weighted by molar-refractivity contribution is -0.129. The van der Waals surface area contributed by atoms with Gasteiger partial charge in [0.15, 0.2) is 5.96 Å². The summed E-state index contributed by atoms with van der Waals surface area (Å²) in [7, 11) is 1.76. The number of amides is 1. The third-order valence-corrected chi connectivity index (χ3v) is 4.49. The lowest BCUT2D eigenvalue weighted by Gasteiger charge is -2.24. The standard InChI is InChI=1S/C21H34N4O2/c1-7-19(26)25-11-10-17(14-25)24-20(22-6)23-13-16-9-8-15(2)12-18(16)27-21(3,4)5/h8-9,12,17H,7,10-11,13-14H2,1-6H3,(H2,22,23,24). The van der Waals surface area contributed by atoms with Gasteiger partial charge in [-0.25, -0.2) is 0 Å². The van der Waals surface area contributed by atoms with E-state index in [-0.39, 0.29) is 17.6 Å². The second kappa shape index (κ2) is 9.11. The summed E-state index contributed by atoms with van der Waals surface area (Å²) in [6, 6.07) is 6.49. The van der Waals surface area contributed by atoms with Gasteiger partial charge in [0.1, 0.15) is 11.4 Å². The molecule has 1 heterocycles. The van der Waals surface area contributed by atoms with Crippen molar-refractivity contribution in [2.45, 2.75) is 65.6 Å². The number of aryl methyl sites for hydroxylation is 1. The van der Waals surface area contributed by atoms with E-state index >= 15 is 0 Å². The van der Waals surface area contributed by atoms with E-state index in [1.807, 2.05) is 11.8 Å². The Morgan fingerprint density at radius 2 is 2.11 bits per heavy atom. The van der Waals surface area contributed by atoms with Crippen LogP contribution in [-0.2, 0) is 11.3 Å². The largest absolute Gasteiger partial charge is 0.488 e. The van der Waals surface area contributed by atoms with Gasteiger partial charge in [-0.2, -0.15) is 0 Å². The van der Waals surface area contributed by atoms with E-state index in [1.165, 1.54) is 5.56 Å². The number of guanidine groups is 1. The molecule has 1 saturated heterocycles. The molecule has 0 spiro atoms. The SMILES string of the molecule is CCC(=O)N1CCC(NC(=NC)NCc2ccc(C)cc2OC(C)(C)C)C1. The van der Waals surface area contributed by atoms with Gasteiger partial charge in [-0.05, 0) is 45.7 Å². The fourth-order valence-corrected chi connectivity index (χ4v) is 3.13. The molecule has 2 N–H and O–H groups in total. The molecule has 1 aromatic rings. The van der Waals surface area contributed by atoms with Crippen LogP contribution in [0.4, 0.5) is 0 Å². The Morgan fingerprint density at radius 1 is 1.37 bits per heavy atom. The van der Waals surface area contributed by atoms with Gasteiger partial charge < -0.3 is 20.3 Å². The minimum absolute atomic E-state index is 0.214. The summed E-state index contributed by atoms with van der Waals surface area (Å²) >= 11 is 0. The molecule has 27 heavy (non-hydrogen) atoms. The van der Waals surface area contributed by atoms with Crippen molar-refractivity contribution in [3.05, 3.63) is 29.3 Å². The molecule has 1 aliphatic rings.